The number of carbonyl (C=O) groups is 2. The monoisotopic (exact) mass is 357 g/mol. The Labute approximate surface area is 139 Å². The molecule has 8 heteroatoms. The second kappa shape index (κ2) is 8.64. The number of thiophene rings is 1. The smallest absolute Gasteiger partial charge is 0.310 e. The summed E-state index contributed by atoms with van der Waals surface area (Å²) in [6, 6.07) is 7.79. The van der Waals surface area contributed by atoms with Crippen LogP contribution < -0.4 is 5.32 Å². The number of benzene rings is 1. The molecule has 0 aliphatic rings. The second-order valence-electron chi connectivity index (χ2n) is 4.42. The molecule has 0 fully saturated rings. The number of ether oxygens (including phenoxy) is 1. The van der Waals surface area contributed by atoms with Gasteiger partial charge in [0.25, 0.3) is 11.7 Å². The largest absolute Gasteiger partial charge is 0.455 e. The van der Waals surface area contributed by atoms with Crippen molar-refractivity contribution >= 4 is 40.7 Å². The molecule has 1 heterocycles. The van der Waals surface area contributed by atoms with Gasteiger partial charge in [0.15, 0.2) is 6.61 Å². The van der Waals surface area contributed by atoms with Crippen LogP contribution in [0.25, 0.3) is 0 Å². The summed E-state index contributed by atoms with van der Waals surface area (Å²) in [5.74, 6) is -3.46. The van der Waals surface area contributed by atoms with E-state index in [0.717, 1.165) is 5.56 Å². The molecule has 1 N–H and O–H groups in total. The maximum Gasteiger partial charge on any atom is 0.310 e. The summed E-state index contributed by atoms with van der Waals surface area (Å²) in [6.45, 7) is -0.392. The van der Waals surface area contributed by atoms with Crippen LogP contribution in [-0.4, -0.2) is 24.2 Å². The van der Waals surface area contributed by atoms with Gasteiger partial charge in [0, 0.05) is 10.6 Å². The fraction of sp³-hybridized carbons (Fsp3) is 0.200. The molecule has 0 radical (unpaired) electrons. The normalized spacial score (nSPS) is 10.6. The molecule has 2 aromatic rings. The van der Waals surface area contributed by atoms with Crippen LogP contribution >= 0.6 is 23.1 Å². The molecule has 0 saturated carbocycles. The maximum absolute atomic E-state index is 12.2. The van der Waals surface area contributed by atoms with Gasteiger partial charge in [-0.3, -0.25) is 9.59 Å². The lowest BCUT2D eigenvalue weighted by molar-refractivity contribution is -0.146. The quantitative estimate of drug-likeness (QED) is 0.605. The maximum atomic E-state index is 12.2. The number of hydrogen-bond donors (Lipinski definition) is 1. The molecule has 2 rings (SSSR count). The number of amides is 1. The van der Waals surface area contributed by atoms with Crippen LogP contribution in [0.1, 0.15) is 5.56 Å². The number of anilines is 1. The predicted octanol–water partition coefficient (Wildman–Crippen LogP) is 3.79. The van der Waals surface area contributed by atoms with Crippen molar-refractivity contribution in [3.8, 4) is 0 Å². The van der Waals surface area contributed by atoms with Gasteiger partial charge >= 0.3 is 5.97 Å². The van der Waals surface area contributed by atoms with E-state index in [9.17, 15) is 18.4 Å². The summed E-state index contributed by atoms with van der Waals surface area (Å²) in [6.07, 6.45) is 0.121. The zero-order valence-electron chi connectivity index (χ0n) is 11.8. The van der Waals surface area contributed by atoms with Crippen molar-refractivity contribution in [2.24, 2.45) is 0 Å². The Morgan fingerprint density at radius 2 is 1.96 bits per heavy atom. The Morgan fingerprint density at radius 3 is 2.57 bits per heavy atom. The summed E-state index contributed by atoms with van der Waals surface area (Å²) in [4.78, 5) is 23.6. The molecule has 1 aromatic heterocycles. The standard InChI is InChI=1S/C15H13F2NO3S2/c16-15(17)23-12-3-1-11(2-4-12)18-13(19)8-21-14(20)7-10-5-6-22-9-10/h1-6,9,15H,7-8H2,(H,18,19). The Bertz CT molecular complexity index is 645. The molecule has 0 aliphatic carbocycles. The zero-order valence-corrected chi connectivity index (χ0v) is 13.5. The highest BCUT2D eigenvalue weighted by Crippen LogP contribution is 2.26. The van der Waals surface area contributed by atoms with Gasteiger partial charge < -0.3 is 10.1 Å². The molecule has 0 atom stereocenters. The van der Waals surface area contributed by atoms with E-state index in [2.05, 4.69) is 5.32 Å². The van der Waals surface area contributed by atoms with Crippen molar-refractivity contribution in [1.29, 1.82) is 0 Å². The fourth-order valence-corrected chi connectivity index (χ4v) is 2.84. The molecular weight excluding hydrogens is 344 g/mol. The third kappa shape index (κ3) is 6.37. The molecule has 0 spiro atoms. The van der Waals surface area contributed by atoms with Gasteiger partial charge in [-0.05, 0) is 46.7 Å². The van der Waals surface area contributed by atoms with Gasteiger partial charge in [0.05, 0.1) is 6.42 Å². The Kier molecular flexibility index (Phi) is 6.54. The first-order valence-corrected chi connectivity index (χ1v) is 8.36. The number of hydrogen-bond acceptors (Lipinski definition) is 5. The third-order valence-corrected chi connectivity index (χ3v) is 4.11. The van der Waals surface area contributed by atoms with E-state index in [0.29, 0.717) is 22.3 Å². The highest BCUT2D eigenvalue weighted by molar-refractivity contribution is 7.99. The Balaban J connectivity index is 1.74. The van der Waals surface area contributed by atoms with Crippen molar-refractivity contribution in [2.75, 3.05) is 11.9 Å². The molecule has 1 amide bonds. The van der Waals surface area contributed by atoms with Crippen molar-refractivity contribution < 1.29 is 23.1 Å². The molecule has 0 aliphatic heterocycles. The van der Waals surface area contributed by atoms with Crippen LogP contribution in [-0.2, 0) is 20.7 Å². The number of carbonyl (C=O) groups excluding carboxylic acids is 2. The van der Waals surface area contributed by atoms with Crippen molar-refractivity contribution in [3.05, 3.63) is 46.7 Å². The molecule has 122 valence electrons. The van der Waals surface area contributed by atoms with Crippen LogP contribution in [0, 0.1) is 0 Å². The van der Waals surface area contributed by atoms with Crippen LogP contribution in [0.2, 0.25) is 0 Å². The van der Waals surface area contributed by atoms with Gasteiger partial charge in [0.2, 0.25) is 0 Å². The highest BCUT2D eigenvalue weighted by Gasteiger charge is 2.10. The summed E-state index contributed by atoms with van der Waals surface area (Å²) in [5.41, 5.74) is 1.29. The first kappa shape index (κ1) is 17.4. The summed E-state index contributed by atoms with van der Waals surface area (Å²) < 4.78 is 29.3. The highest BCUT2D eigenvalue weighted by atomic mass is 32.2. The lowest BCUT2D eigenvalue weighted by atomic mass is 10.2. The van der Waals surface area contributed by atoms with Crippen LogP contribution in [0.4, 0.5) is 14.5 Å². The number of nitrogens with one attached hydrogen (secondary N) is 1. The Morgan fingerprint density at radius 1 is 1.22 bits per heavy atom. The molecular formula is C15H13F2NO3S2. The topological polar surface area (TPSA) is 55.4 Å². The fourth-order valence-electron chi connectivity index (χ4n) is 1.67. The van der Waals surface area contributed by atoms with E-state index in [1.807, 2.05) is 16.8 Å². The van der Waals surface area contributed by atoms with E-state index in [1.165, 1.54) is 35.6 Å². The van der Waals surface area contributed by atoms with Crippen LogP contribution in [0.3, 0.4) is 0 Å². The minimum absolute atomic E-state index is 0.121. The summed E-state index contributed by atoms with van der Waals surface area (Å²) >= 11 is 1.90. The number of halogens is 2. The minimum Gasteiger partial charge on any atom is -0.455 e. The predicted molar refractivity (Wildman–Crippen MR) is 85.9 cm³/mol. The number of rotatable bonds is 7. The van der Waals surface area contributed by atoms with Crippen LogP contribution in [0.15, 0.2) is 46.0 Å². The zero-order chi connectivity index (χ0) is 16.7. The van der Waals surface area contributed by atoms with Gasteiger partial charge in [-0.15, -0.1) is 0 Å². The third-order valence-electron chi connectivity index (χ3n) is 2.66. The number of thioether (sulfide) groups is 1. The lowest BCUT2D eigenvalue weighted by Crippen LogP contribution is -2.21. The van der Waals surface area contributed by atoms with Crippen molar-refractivity contribution in [2.45, 2.75) is 17.1 Å². The molecule has 0 unspecified atom stereocenters. The average Bonchev–Trinajstić information content (AvgIpc) is 2.99. The van der Waals surface area contributed by atoms with Crippen molar-refractivity contribution in [3.63, 3.8) is 0 Å². The molecule has 0 bridgehead atoms. The van der Waals surface area contributed by atoms with Gasteiger partial charge in [-0.25, -0.2) is 0 Å². The van der Waals surface area contributed by atoms with Gasteiger partial charge in [-0.2, -0.15) is 20.1 Å². The summed E-state index contributed by atoms with van der Waals surface area (Å²) in [5, 5.41) is 6.21. The first-order chi connectivity index (χ1) is 11.0. The number of esters is 1. The van der Waals surface area contributed by atoms with E-state index in [1.54, 1.807) is 0 Å². The van der Waals surface area contributed by atoms with E-state index in [4.69, 9.17) is 4.74 Å². The molecule has 1 aromatic carbocycles. The SMILES string of the molecule is O=C(COC(=O)Cc1ccsc1)Nc1ccc(SC(F)F)cc1. The first-order valence-electron chi connectivity index (χ1n) is 6.54. The van der Waals surface area contributed by atoms with Gasteiger partial charge in [-0.1, -0.05) is 11.8 Å². The van der Waals surface area contributed by atoms with E-state index >= 15 is 0 Å². The average molecular weight is 357 g/mol. The summed E-state index contributed by atoms with van der Waals surface area (Å²) in [7, 11) is 0. The second-order valence-corrected chi connectivity index (χ2v) is 6.26. The number of alkyl halides is 2. The van der Waals surface area contributed by atoms with E-state index < -0.39 is 24.2 Å². The van der Waals surface area contributed by atoms with E-state index in [-0.39, 0.29) is 6.42 Å². The molecule has 4 nitrogen and oxygen atoms in total. The minimum atomic E-state index is -2.49. The molecule has 0 saturated heterocycles. The van der Waals surface area contributed by atoms with Gasteiger partial charge in [0.1, 0.15) is 0 Å². The van der Waals surface area contributed by atoms with Crippen molar-refractivity contribution in [1.82, 2.24) is 0 Å². The molecule has 23 heavy (non-hydrogen) atoms. The lowest BCUT2D eigenvalue weighted by Gasteiger charge is -2.07. The Hall–Kier alpha value is -1.93. The van der Waals surface area contributed by atoms with Crippen LogP contribution in [0.5, 0.6) is 0 Å².